The van der Waals surface area contributed by atoms with Crippen LogP contribution >= 0.6 is 0 Å². The molecule has 1 aromatic rings. The maximum Gasteiger partial charge on any atom is 0.257 e. The van der Waals surface area contributed by atoms with Crippen molar-refractivity contribution in [3.63, 3.8) is 0 Å². The van der Waals surface area contributed by atoms with Crippen LogP contribution < -0.4 is 10.1 Å². The summed E-state index contributed by atoms with van der Waals surface area (Å²) in [6.45, 7) is 3.54. The van der Waals surface area contributed by atoms with Gasteiger partial charge < -0.3 is 19.7 Å². The highest BCUT2D eigenvalue weighted by Gasteiger charge is 2.27. The van der Waals surface area contributed by atoms with Crippen LogP contribution in [-0.2, 0) is 4.74 Å². The van der Waals surface area contributed by atoms with E-state index in [-0.39, 0.29) is 5.91 Å². The van der Waals surface area contributed by atoms with Crippen molar-refractivity contribution in [3.05, 3.63) is 29.8 Å². The Morgan fingerprint density at radius 2 is 2.19 bits per heavy atom. The van der Waals surface area contributed by atoms with E-state index in [4.69, 9.17) is 9.47 Å². The quantitative estimate of drug-likeness (QED) is 0.772. The summed E-state index contributed by atoms with van der Waals surface area (Å²) in [6, 6.07) is 7.42. The second-order valence-corrected chi connectivity index (χ2v) is 5.30. The Morgan fingerprint density at radius 3 is 2.95 bits per heavy atom. The number of likely N-dealkylation sites (tertiary alicyclic amines) is 1. The van der Waals surface area contributed by atoms with Crippen LogP contribution in [0.1, 0.15) is 16.8 Å². The summed E-state index contributed by atoms with van der Waals surface area (Å²) in [5.41, 5.74) is 0.638. The molecular formula is C16H24N2O3. The predicted octanol–water partition coefficient (Wildman–Crippen LogP) is 1.39. The summed E-state index contributed by atoms with van der Waals surface area (Å²) in [5.74, 6) is 1.23. The number of hydrogen-bond acceptors (Lipinski definition) is 4. The lowest BCUT2D eigenvalue weighted by Gasteiger charge is -2.18. The van der Waals surface area contributed by atoms with Crippen molar-refractivity contribution >= 4 is 5.91 Å². The summed E-state index contributed by atoms with van der Waals surface area (Å²) in [5, 5.41) is 3.18. The van der Waals surface area contributed by atoms with Gasteiger partial charge in [-0.15, -0.1) is 0 Å². The number of rotatable bonds is 7. The summed E-state index contributed by atoms with van der Waals surface area (Å²) < 4.78 is 10.6. The van der Waals surface area contributed by atoms with Crippen LogP contribution in [0.2, 0.25) is 0 Å². The molecule has 1 N–H and O–H groups in total. The van der Waals surface area contributed by atoms with Gasteiger partial charge in [0.15, 0.2) is 0 Å². The van der Waals surface area contributed by atoms with Crippen molar-refractivity contribution in [2.24, 2.45) is 5.92 Å². The molecule has 1 saturated heterocycles. The van der Waals surface area contributed by atoms with Gasteiger partial charge in [-0.1, -0.05) is 12.1 Å². The van der Waals surface area contributed by atoms with Gasteiger partial charge in [-0.05, 0) is 38.1 Å². The molecule has 0 aliphatic carbocycles. The standard InChI is InChI=1S/C16H24N2O3/c1-17-11-13-7-8-18(12-13)16(19)14-5-3-4-6-15(14)21-10-9-20-2/h3-6,13,17H,7-12H2,1-2H3/t13-/m1/s1. The number of methoxy groups -OCH3 is 1. The number of benzene rings is 1. The van der Waals surface area contributed by atoms with E-state index < -0.39 is 0 Å². The third-order valence-corrected chi connectivity index (χ3v) is 3.73. The number of amides is 1. The minimum atomic E-state index is 0.0571. The van der Waals surface area contributed by atoms with Gasteiger partial charge in [-0.25, -0.2) is 0 Å². The van der Waals surface area contributed by atoms with Gasteiger partial charge in [-0.2, -0.15) is 0 Å². The lowest BCUT2D eigenvalue weighted by Crippen LogP contribution is -2.30. The lowest BCUT2D eigenvalue weighted by molar-refractivity contribution is 0.0780. The first-order valence-corrected chi connectivity index (χ1v) is 7.41. The Kier molecular flexibility index (Phi) is 6.02. The van der Waals surface area contributed by atoms with Crippen molar-refractivity contribution < 1.29 is 14.3 Å². The van der Waals surface area contributed by atoms with Crippen molar-refractivity contribution in [2.75, 3.05) is 47.0 Å². The van der Waals surface area contributed by atoms with Crippen LogP contribution in [0.4, 0.5) is 0 Å². The molecule has 116 valence electrons. The fourth-order valence-electron chi connectivity index (χ4n) is 2.65. The van der Waals surface area contributed by atoms with E-state index in [9.17, 15) is 4.79 Å². The first-order valence-electron chi connectivity index (χ1n) is 7.41. The number of carbonyl (C=O) groups is 1. The Hall–Kier alpha value is -1.59. The number of ether oxygens (including phenoxy) is 2. The number of nitrogens with one attached hydrogen (secondary N) is 1. The minimum absolute atomic E-state index is 0.0571. The van der Waals surface area contributed by atoms with E-state index in [1.165, 1.54) is 0 Å². The highest BCUT2D eigenvalue weighted by Crippen LogP contribution is 2.23. The summed E-state index contributed by atoms with van der Waals surface area (Å²) in [7, 11) is 3.58. The molecule has 0 spiro atoms. The van der Waals surface area contributed by atoms with E-state index in [1.54, 1.807) is 7.11 Å². The van der Waals surface area contributed by atoms with Crippen molar-refractivity contribution in [1.82, 2.24) is 10.2 Å². The number of carbonyl (C=O) groups excluding carboxylic acids is 1. The van der Waals surface area contributed by atoms with Gasteiger partial charge in [0.1, 0.15) is 12.4 Å². The monoisotopic (exact) mass is 292 g/mol. The fourth-order valence-corrected chi connectivity index (χ4v) is 2.65. The zero-order valence-electron chi connectivity index (χ0n) is 12.8. The van der Waals surface area contributed by atoms with Crippen LogP contribution in [0.15, 0.2) is 24.3 Å². The molecule has 1 aliphatic heterocycles. The molecule has 1 aliphatic rings. The molecule has 0 aromatic heterocycles. The van der Waals surface area contributed by atoms with E-state index in [0.717, 1.165) is 26.1 Å². The Labute approximate surface area is 126 Å². The molecule has 0 radical (unpaired) electrons. The Bertz CT molecular complexity index is 465. The van der Waals surface area contributed by atoms with Crippen LogP contribution in [0.25, 0.3) is 0 Å². The van der Waals surface area contributed by atoms with E-state index in [1.807, 2.05) is 36.2 Å². The second-order valence-electron chi connectivity index (χ2n) is 5.30. The average Bonchev–Trinajstić information content (AvgIpc) is 2.96. The van der Waals surface area contributed by atoms with Crippen molar-refractivity contribution in [3.8, 4) is 5.75 Å². The number of nitrogens with zero attached hydrogens (tertiary/aromatic N) is 1. The lowest BCUT2D eigenvalue weighted by atomic mass is 10.1. The first-order chi connectivity index (χ1) is 10.3. The zero-order valence-corrected chi connectivity index (χ0v) is 12.8. The molecule has 1 heterocycles. The SMILES string of the molecule is CNC[C@H]1CCN(C(=O)c2ccccc2OCCOC)C1. The third kappa shape index (κ3) is 4.19. The molecule has 5 heteroatoms. The van der Waals surface area contributed by atoms with Crippen molar-refractivity contribution in [2.45, 2.75) is 6.42 Å². The number of hydrogen-bond donors (Lipinski definition) is 1. The first kappa shape index (κ1) is 15.8. The normalized spacial score (nSPS) is 18.0. The molecule has 2 rings (SSSR count). The highest BCUT2D eigenvalue weighted by molar-refractivity contribution is 5.97. The summed E-state index contributed by atoms with van der Waals surface area (Å²) in [6.07, 6.45) is 1.05. The molecule has 1 fully saturated rings. The van der Waals surface area contributed by atoms with Gasteiger partial charge in [0.25, 0.3) is 5.91 Å². The van der Waals surface area contributed by atoms with Gasteiger partial charge in [0.05, 0.1) is 12.2 Å². The van der Waals surface area contributed by atoms with Crippen molar-refractivity contribution in [1.29, 1.82) is 0 Å². The van der Waals surface area contributed by atoms with Crippen LogP contribution in [0.3, 0.4) is 0 Å². The molecule has 0 saturated carbocycles. The Morgan fingerprint density at radius 1 is 1.38 bits per heavy atom. The van der Waals surface area contributed by atoms with Gasteiger partial charge in [0.2, 0.25) is 0 Å². The van der Waals surface area contributed by atoms with Gasteiger partial charge >= 0.3 is 0 Å². The van der Waals surface area contributed by atoms with E-state index in [0.29, 0.717) is 30.4 Å². The zero-order chi connectivity index (χ0) is 15.1. The van der Waals surface area contributed by atoms with Crippen LogP contribution in [0, 0.1) is 5.92 Å². The molecule has 5 nitrogen and oxygen atoms in total. The molecule has 1 atom stereocenters. The van der Waals surface area contributed by atoms with Gasteiger partial charge in [-0.3, -0.25) is 4.79 Å². The predicted molar refractivity (Wildman–Crippen MR) is 81.8 cm³/mol. The molecule has 21 heavy (non-hydrogen) atoms. The third-order valence-electron chi connectivity index (χ3n) is 3.73. The topological polar surface area (TPSA) is 50.8 Å². The molecular weight excluding hydrogens is 268 g/mol. The molecule has 1 aromatic carbocycles. The van der Waals surface area contributed by atoms with Crippen LogP contribution in [0.5, 0.6) is 5.75 Å². The molecule has 1 amide bonds. The highest BCUT2D eigenvalue weighted by atomic mass is 16.5. The van der Waals surface area contributed by atoms with Gasteiger partial charge in [0, 0.05) is 20.2 Å². The maximum atomic E-state index is 12.6. The molecule has 0 unspecified atom stereocenters. The smallest absolute Gasteiger partial charge is 0.257 e. The largest absolute Gasteiger partial charge is 0.490 e. The molecule has 0 bridgehead atoms. The minimum Gasteiger partial charge on any atom is -0.490 e. The van der Waals surface area contributed by atoms with E-state index in [2.05, 4.69) is 5.32 Å². The number of para-hydroxylation sites is 1. The fraction of sp³-hybridized carbons (Fsp3) is 0.562. The van der Waals surface area contributed by atoms with E-state index >= 15 is 0 Å². The average molecular weight is 292 g/mol. The summed E-state index contributed by atoms with van der Waals surface area (Å²) in [4.78, 5) is 14.6. The summed E-state index contributed by atoms with van der Waals surface area (Å²) >= 11 is 0. The van der Waals surface area contributed by atoms with Crippen LogP contribution in [-0.4, -0.2) is 57.8 Å². The maximum absolute atomic E-state index is 12.6. The Balaban J connectivity index is 2.02. The second kappa shape index (κ2) is 8.00.